The highest BCUT2D eigenvalue weighted by Gasteiger charge is 2.26. The standard InChI is InChI=1S/C13H20O3/c1-2-3-9-13(15,10-14)11-16-12-7-5-4-6-8-12/h4-8,14-15H,2-3,9-11H2,1H3. The topological polar surface area (TPSA) is 49.7 Å². The minimum absolute atomic E-state index is 0.132. The first-order chi connectivity index (χ1) is 7.70. The normalized spacial score (nSPS) is 14.4. The Morgan fingerprint density at radius 3 is 2.50 bits per heavy atom. The summed E-state index contributed by atoms with van der Waals surface area (Å²) >= 11 is 0. The Bertz CT molecular complexity index is 286. The lowest BCUT2D eigenvalue weighted by Crippen LogP contribution is -2.39. The van der Waals surface area contributed by atoms with Crippen LogP contribution in [-0.2, 0) is 0 Å². The summed E-state index contributed by atoms with van der Waals surface area (Å²) in [4.78, 5) is 0. The summed E-state index contributed by atoms with van der Waals surface area (Å²) in [5.74, 6) is 0.714. The van der Waals surface area contributed by atoms with Gasteiger partial charge in [0.1, 0.15) is 18.0 Å². The zero-order valence-electron chi connectivity index (χ0n) is 9.72. The third-order valence-corrected chi connectivity index (χ3v) is 2.54. The van der Waals surface area contributed by atoms with Crippen LogP contribution in [0, 0.1) is 0 Å². The first kappa shape index (κ1) is 13.0. The maximum absolute atomic E-state index is 10.0. The van der Waals surface area contributed by atoms with Gasteiger partial charge in [0.05, 0.1) is 6.61 Å². The van der Waals surface area contributed by atoms with Crippen LogP contribution in [0.5, 0.6) is 5.75 Å². The highest BCUT2D eigenvalue weighted by molar-refractivity contribution is 5.21. The van der Waals surface area contributed by atoms with Crippen LogP contribution >= 0.6 is 0 Å². The summed E-state index contributed by atoms with van der Waals surface area (Å²) in [6.45, 7) is 1.92. The Kier molecular flexibility index (Phi) is 5.29. The van der Waals surface area contributed by atoms with Crippen LogP contribution in [0.15, 0.2) is 30.3 Å². The number of hydrogen-bond donors (Lipinski definition) is 2. The van der Waals surface area contributed by atoms with Gasteiger partial charge in [-0.3, -0.25) is 0 Å². The van der Waals surface area contributed by atoms with Crippen LogP contribution in [0.25, 0.3) is 0 Å². The average molecular weight is 224 g/mol. The first-order valence-corrected chi connectivity index (χ1v) is 5.71. The van der Waals surface area contributed by atoms with E-state index >= 15 is 0 Å². The van der Waals surface area contributed by atoms with E-state index in [-0.39, 0.29) is 13.2 Å². The zero-order valence-corrected chi connectivity index (χ0v) is 9.72. The molecule has 0 bridgehead atoms. The van der Waals surface area contributed by atoms with E-state index < -0.39 is 5.60 Å². The van der Waals surface area contributed by atoms with Crippen LogP contribution in [0.4, 0.5) is 0 Å². The van der Waals surface area contributed by atoms with E-state index in [1.54, 1.807) is 0 Å². The lowest BCUT2D eigenvalue weighted by molar-refractivity contribution is -0.0543. The molecule has 1 aromatic rings. The van der Waals surface area contributed by atoms with Crippen molar-refractivity contribution in [1.29, 1.82) is 0 Å². The predicted octanol–water partition coefficient (Wildman–Crippen LogP) is 1.98. The van der Waals surface area contributed by atoms with E-state index in [2.05, 4.69) is 6.92 Å². The van der Waals surface area contributed by atoms with Crippen molar-refractivity contribution in [3.8, 4) is 5.75 Å². The number of para-hydroxylation sites is 1. The van der Waals surface area contributed by atoms with Crippen LogP contribution in [0.1, 0.15) is 26.2 Å². The van der Waals surface area contributed by atoms with Crippen molar-refractivity contribution in [2.45, 2.75) is 31.8 Å². The molecule has 0 radical (unpaired) electrons. The van der Waals surface area contributed by atoms with Gasteiger partial charge in [-0.1, -0.05) is 38.0 Å². The molecule has 90 valence electrons. The molecule has 3 heteroatoms. The fraction of sp³-hybridized carbons (Fsp3) is 0.538. The second-order valence-corrected chi connectivity index (χ2v) is 4.09. The molecule has 0 heterocycles. The van der Waals surface area contributed by atoms with Crippen molar-refractivity contribution in [3.05, 3.63) is 30.3 Å². The van der Waals surface area contributed by atoms with Gasteiger partial charge in [-0.05, 0) is 18.6 Å². The Morgan fingerprint density at radius 1 is 1.25 bits per heavy atom. The highest BCUT2D eigenvalue weighted by Crippen LogP contribution is 2.17. The second-order valence-electron chi connectivity index (χ2n) is 4.09. The van der Waals surface area contributed by atoms with Crippen molar-refractivity contribution < 1.29 is 14.9 Å². The molecule has 0 saturated carbocycles. The van der Waals surface area contributed by atoms with Gasteiger partial charge in [-0.15, -0.1) is 0 Å². The summed E-state index contributed by atoms with van der Waals surface area (Å²) in [5, 5.41) is 19.2. The van der Waals surface area contributed by atoms with Crippen molar-refractivity contribution >= 4 is 0 Å². The molecule has 0 spiro atoms. The first-order valence-electron chi connectivity index (χ1n) is 5.71. The van der Waals surface area contributed by atoms with Gasteiger partial charge in [0.15, 0.2) is 0 Å². The third kappa shape index (κ3) is 4.21. The fourth-order valence-electron chi connectivity index (χ4n) is 1.44. The summed E-state index contributed by atoms with van der Waals surface area (Å²) in [6, 6.07) is 9.32. The average Bonchev–Trinajstić information content (AvgIpc) is 2.35. The summed E-state index contributed by atoms with van der Waals surface area (Å²) in [5.41, 5.74) is -1.12. The number of benzene rings is 1. The third-order valence-electron chi connectivity index (χ3n) is 2.54. The summed E-state index contributed by atoms with van der Waals surface area (Å²) in [7, 11) is 0. The monoisotopic (exact) mass is 224 g/mol. The molecule has 1 rings (SSSR count). The Balaban J connectivity index is 2.44. The SMILES string of the molecule is CCCCC(O)(CO)COc1ccccc1. The molecule has 2 N–H and O–H groups in total. The molecule has 0 amide bonds. The van der Waals surface area contributed by atoms with Gasteiger partial charge in [-0.2, -0.15) is 0 Å². The van der Waals surface area contributed by atoms with Gasteiger partial charge in [0.2, 0.25) is 0 Å². The van der Waals surface area contributed by atoms with Gasteiger partial charge >= 0.3 is 0 Å². The molecule has 1 aromatic carbocycles. The van der Waals surface area contributed by atoms with E-state index in [4.69, 9.17) is 9.84 Å². The molecule has 0 aliphatic heterocycles. The molecule has 0 fully saturated rings. The molecule has 0 aromatic heterocycles. The zero-order chi connectivity index (χ0) is 11.9. The molecule has 3 nitrogen and oxygen atoms in total. The summed E-state index contributed by atoms with van der Waals surface area (Å²) in [6.07, 6.45) is 2.44. The Hall–Kier alpha value is -1.06. The van der Waals surface area contributed by atoms with Gasteiger partial charge < -0.3 is 14.9 Å². The van der Waals surface area contributed by atoms with Gasteiger partial charge in [0, 0.05) is 0 Å². The lowest BCUT2D eigenvalue weighted by Gasteiger charge is -2.25. The Labute approximate surface area is 96.7 Å². The van der Waals surface area contributed by atoms with Crippen molar-refractivity contribution in [1.82, 2.24) is 0 Å². The van der Waals surface area contributed by atoms with Crippen LogP contribution < -0.4 is 4.74 Å². The number of aliphatic hydroxyl groups excluding tert-OH is 1. The number of unbranched alkanes of at least 4 members (excludes halogenated alkanes) is 1. The van der Waals surface area contributed by atoms with E-state index in [1.165, 1.54) is 0 Å². The fourth-order valence-corrected chi connectivity index (χ4v) is 1.44. The largest absolute Gasteiger partial charge is 0.491 e. The predicted molar refractivity (Wildman–Crippen MR) is 63.5 cm³/mol. The maximum Gasteiger partial charge on any atom is 0.121 e. The minimum atomic E-state index is -1.12. The second kappa shape index (κ2) is 6.51. The number of hydrogen-bond acceptors (Lipinski definition) is 3. The summed E-state index contributed by atoms with van der Waals surface area (Å²) < 4.78 is 5.45. The van der Waals surface area contributed by atoms with Crippen molar-refractivity contribution in [2.75, 3.05) is 13.2 Å². The molecule has 16 heavy (non-hydrogen) atoms. The van der Waals surface area contributed by atoms with Crippen molar-refractivity contribution in [3.63, 3.8) is 0 Å². The van der Waals surface area contributed by atoms with Crippen LogP contribution in [0.3, 0.4) is 0 Å². The van der Waals surface area contributed by atoms with E-state index in [0.717, 1.165) is 12.8 Å². The molecule has 1 unspecified atom stereocenters. The molecule has 0 saturated heterocycles. The van der Waals surface area contributed by atoms with E-state index in [1.807, 2.05) is 30.3 Å². The van der Waals surface area contributed by atoms with E-state index in [9.17, 15) is 5.11 Å². The Morgan fingerprint density at radius 2 is 1.94 bits per heavy atom. The molecule has 0 aliphatic carbocycles. The molecular weight excluding hydrogens is 204 g/mol. The quantitative estimate of drug-likeness (QED) is 0.744. The minimum Gasteiger partial charge on any atom is -0.491 e. The highest BCUT2D eigenvalue weighted by atomic mass is 16.5. The number of aliphatic hydroxyl groups is 2. The molecule has 1 atom stereocenters. The number of ether oxygens (including phenoxy) is 1. The van der Waals surface area contributed by atoms with Gasteiger partial charge in [-0.25, -0.2) is 0 Å². The van der Waals surface area contributed by atoms with E-state index in [0.29, 0.717) is 12.2 Å². The number of rotatable bonds is 7. The molecular formula is C13H20O3. The smallest absolute Gasteiger partial charge is 0.121 e. The van der Waals surface area contributed by atoms with Crippen LogP contribution in [0.2, 0.25) is 0 Å². The van der Waals surface area contributed by atoms with Crippen LogP contribution in [-0.4, -0.2) is 29.0 Å². The molecule has 0 aliphatic rings. The maximum atomic E-state index is 10.0. The van der Waals surface area contributed by atoms with Gasteiger partial charge in [0.25, 0.3) is 0 Å². The lowest BCUT2D eigenvalue weighted by atomic mass is 9.99. The van der Waals surface area contributed by atoms with Crippen molar-refractivity contribution in [2.24, 2.45) is 0 Å².